The van der Waals surface area contributed by atoms with Gasteiger partial charge in [-0.2, -0.15) is 0 Å². The molecule has 1 fully saturated rings. The first kappa shape index (κ1) is 14.7. The molecule has 0 aliphatic carbocycles. The molecule has 5 nitrogen and oxygen atoms in total. The minimum absolute atomic E-state index is 0.0272. The van der Waals surface area contributed by atoms with Crippen molar-refractivity contribution in [3.8, 4) is 0 Å². The summed E-state index contributed by atoms with van der Waals surface area (Å²) in [6, 6.07) is 5.46. The van der Waals surface area contributed by atoms with Gasteiger partial charge in [-0.1, -0.05) is 0 Å². The van der Waals surface area contributed by atoms with Crippen LogP contribution in [0.1, 0.15) is 16.8 Å². The minimum atomic E-state index is -0.0272. The Morgan fingerprint density at radius 2 is 2.25 bits per heavy atom. The molecule has 2 rings (SSSR count). The smallest absolute Gasteiger partial charge is 0.253 e. The average molecular weight is 276 g/mol. The highest BCUT2D eigenvalue weighted by atomic mass is 16.2. The highest BCUT2D eigenvalue weighted by molar-refractivity contribution is 5.95. The van der Waals surface area contributed by atoms with Crippen LogP contribution in [-0.4, -0.2) is 56.5 Å². The quantitative estimate of drug-likeness (QED) is 0.815. The van der Waals surface area contributed by atoms with E-state index in [0.717, 1.165) is 25.3 Å². The summed E-state index contributed by atoms with van der Waals surface area (Å²) in [5.74, 6) is 0.642. The molecule has 1 atom stereocenters. The third-order valence-corrected chi connectivity index (χ3v) is 3.77. The lowest BCUT2D eigenvalue weighted by Gasteiger charge is -2.16. The molecular formula is C15H24N4O. The summed E-state index contributed by atoms with van der Waals surface area (Å²) >= 11 is 0. The van der Waals surface area contributed by atoms with Crippen molar-refractivity contribution >= 4 is 17.3 Å². The number of nitrogens with one attached hydrogen (secondary N) is 1. The maximum atomic E-state index is 11.9. The van der Waals surface area contributed by atoms with Gasteiger partial charge in [0.25, 0.3) is 5.91 Å². The lowest BCUT2D eigenvalue weighted by molar-refractivity contribution is 0.0827. The summed E-state index contributed by atoms with van der Waals surface area (Å²) in [6.07, 6.45) is 1.22. The third kappa shape index (κ3) is 3.42. The molecule has 110 valence electrons. The zero-order chi connectivity index (χ0) is 14.7. The van der Waals surface area contributed by atoms with Crippen LogP contribution in [0.5, 0.6) is 0 Å². The van der Waals surface area contributed by atoms with Crippen LogP contribution in [0.15, 0.2) is 18.2 Å². The van der Waals surface area contributed by atoms with Crippen molar-refractivity contribution in [1.29, 1.82) is 0 Å². The molecule has 0 aromatic heterocycles. The van der Waals surface area contributed by atoms with Gasteiger partial charge in [0, 0.05) is 32.7 Å². The van der Waals surface area contributed by atoms with E-state index >= 15 is 0 Å². The molecule has 5 heteroatoms. The van der Waals surface area contributed by atoms with Crippen molar-refractivity contribution in [2.24, 2.45) is 5.92 Å². The average Bonchev–Trinajstić information content (AvgIpc) is 2.82. The fourth-order valence-corrected chi connectivity index (χ4v) is 2.56. The van der Waals surface area contributed by atoms with E-state index in [4.69, 9.17) is 5.73 Å². The highest BCUT2D eigenvalue weighted by Gasteiger charge is 2.19. The molecule has 1 unspecified atom stereocenters. The number of carbonyl (C=O) groups is 1. The second kappa shape index (κ2) is 6.13. The second-order valence-corrected chi connectivity index (χ2v) is 5.80. The molecule has 3 N–H and O–H groups in total. The number of rotatable bonds is 4. The monoisotopic (exact) mass is 276 g/mol. The van der Waals surface area contributed by atoms with E-state index in [2.05, 4.69) is 17.3 Å². The molecule has 0 saturated carbocycles. The van der Waals surface area contributed by atoms with E-state index in [0.29, 0.717) is 17.2 Å². The van der Waals surface area contributed by atoms with Crippen LogP contribution < -0.4 is 11.1 Å². The minimum Gasteiger partial charge on any atom is -0.397 e. The molecular weight excluding hydrogens is 252 g/mol. The lowest BCUT2D eigenvalue weighted by Crippen LogP contribution is -2.22. The SMILES string of the molecule is CN1CCC(CNc2ccc(C(=O)N(C)C)cc2N)C1. The van der Waals surface area contributed by atoms with Gasteiger partial charge in [-0.05, 0) is 44.1 Å². The van der Waals surface area contributed by atoms with Gasteiger partial charge in [0.2, 0.25) is 0 Å². The van der Waals surface area contributed by atoms with Gasteiger partial charge in [0.05, 0.1) is 11.4 Å². The summed E-state index contributed by atoms with van der Waals surface area (Å²) in [5, 5.41) is 3.39. The van der Waals surface area contributed by atoms with Crippen molar-refractivity contribution in [1.82, 2.24) is 9.80 Å². The normalized spacial score (nSPS) is 19.1. The molecule has 20 heavy (non-hydrogen) atoms. The molecule has 0 spiro atoms. The molecule has 0 bridgehead atoms. The van der Waals surface area contributed by atoms with Crippen LogP contribution in [-0.2, 0) is 0 Å². The second-order valence-electron chi connectivity index (χ2n) is 5.80. The molecule has 1 amide bonds. The van der Waals surface area contributed by atoms with Crippen LogP contribution >= 0.6 is 0 Å². The van der Waals surface area contributed by atoms with Crippen LogP contribution in [0.25, 0.3) is 0 Å². The van der Waals surface area contributed by atoms with Gasteiger partial charge in [0.1, 0.15) is 0 Å². The first-order valence-electron chi connectivity index (χ1n) is 7.01. The third-order valence-electron chi connectivity index (χ3n) is 3.77. The summed E-state index contributed by atoms with van der Waals surface area (Å²) < 4.78 is 0. The topological polar surface area (TPSA) is 61.6 Å². The van der Waals surface area contributed by atoms with E-state index in [1.807, 2.05) is 12.1 Å². The molecule has 1 heterocycles. The fraction of sp³-hybridized carbons (Fsp3) is 0.533. The number of nitrogens with zero attached hydrogens (tertiary/aromatic N) is 2. The van der Waals surface area contributed by atoms with Crippen molar-refractivity contribution in [3.05, 3.63) is 23.8 Å². The maximum absolute atomic E-state index is 11.9. The number of anilines is 2. The highest BCUT2D eigenvalue weighted by Crippen LogP contribution is 2.22. The number of benzene rings is 1. The number of carbonyl (C=O) groups excluding carboxylic acids is 1. The molecule has 1 aromatic rings. The predicted molar refractivity (Wildman–Crippen MR) is 83.0 cm³/mol. The van der Waals surface area contributed by atoms with Crippen LogP contribution in [0.2, 0.25) is 0 Å². The van der Waals surface area contributed by atoms with Crippen molar-refractivity contribution in [3.63, 3.8) is 0 Å². The molecule has 0 radical (unpaired) electrons. The zero-order valence-electron chi connectivity index (χ0n) is 12.5. The van der Waals surface area contributed by atoms with Crippen LogP contribution in [0, 0.1) is 5.92 Å². The van der Waals surface area contributed by atoms with Gasteiger partial charge in [-0.3, -0.25) is 4.79 Å². The zero-order valence-corrected chi connectivity index (χ0v) is 12.5. The first-order valence-corrected chi connectivity index (χ1v) is 7.01. The van der Waals surface area contributed by atoms with E-state index < -0.39 is 0 Å². The Bertz CT molecular complexity index is 487. The molecule has 1 saturated heterocycles. The van der Waals surface area contributed by atoms with Gasteiger partial charge in [-0.15, -0.1) is 0 Å². The number of amides is 1. The summed E-state index contributed by atoms with van der Waals surface area (Å²) in [5.41, 5.74) is 8.19. The maximum Gasteiger partial charge on any atom is 0.253 e. The fourth-order valence-electron chi connectivity index (χ4n) is 2.56. The van der Waals surface area contributed by atoms with Gasteiger partial charge < -0.3 is 20.9 Å². The van der Waals surface area contributed by atoms with Crippen LogP contribution in [0.3, 0.4) is 0 Å². The van der Waals surface area contributed by atoms with E-state index in [9.17, 15) is 4.79 Å². The molecule has 1 aromatic carbocycles. The van der Waals surface area contributed by atoms with E-state index in [1.54, 1.807) is 25.1 Å². The number of hydrogen-bond acceptors (Lipinski definition) is 4. The van der Waals surface area contributed by atoms with Gasteiger partial charge in [-0.25, -0.2) is 0 Å². The van der Waals surface area contributed by atoms with Gasteiger partial charge in [0.15, 0.2) is 0 Å². The largest absolute Gasteiger partial charge is 0.397 e. The molecule has 1 aliphatic rings. The van der Waals surface area contributed by atoms with Crippen LogP contribution in [0.4, 0.5) is 11.4 Å². The summed E-state index contributed by atoms with van der Waals surface area (Å²) in [7, 11) is 5.62. The van der Waals surface area contributed by atoms with Crippen molar-refractivity contribution in [2.45, 2.75) is 6.42 Å². The van der Waals surface area contributed by atoms with Gasteiger partial charge >= 0.3 is 0 Å². The van der Waals surface area contributed by atoms with Crippen molar-refractivity contribution < 1.29 is 4.79 Å². The lowest BCUT2D eigenvalue weighted by atomic mass is 10.1. The standard InChI is InChI=1S/C15H24N4O/c1-18(2)15(20)12-4-5-14(13(16)8-12)17-9-11-6-7-19(3)10-11/h4-5,8,11,17H,6-7,9-10,16H2,1-3H3. The Kier molecular flexibility index (Phi) is 4.49. The summed E-state index contributed by atoms with van der Waals surface area (Å²) in [4.78, 5) is 15.7. The van der Waals surface area contributed by atoms with E-state index in [-0.39, 0.29) is 5.91 Å². The number of nitrogen functional groups attached to an aromatic ring is 1. The summed E-state index contributed by atoms with van der Waals surface area (Å²) in [6.45, 7) is 3.22. The Labute approximate surface area is 120 Å². The Hall–Kier alpha value is -1.75. The van der Waals surface area contributed by atoms with E-state index in [1.165, 1.54) is 6.42 Å². The number of nitrogens with two attached hydrogens (primary N) is 1. The number of hydrogen-bond donors (Lipinski definition) is 2. The first-order chi connectivity index (χ1) is 9.47. The predicted octanol–water partition coefficient (Wildman–Crippen LogP) is 1.33. The van der Waals surface area contributed by atoms with Crippen molar-refractivity contribution in [2.75, 3.05) is 51.8 Å². The Balaban J connectivity index is 1.97. The Morgan fingerprint density at radius 1 is 1.50 bits per heavy atom. The Morgan fingerprint density at radius 3 is 2.80 bits per heavy atom. The number of likely N-dealkylation sites (tertiary alicyclic amines) is 1. The molecule has 1 aliphatic heterocycles.